The van der Waals surface area contributed by atoms with Gasteiger partial charge in [0.15, 0.2) is 0 Å². The summed E-state index contributed by atoms with van der Waals surface area (Å²) in [4.78, 5) is 11.3. The van der Waals surface area contributed by atoms with Gasteiger partial charge in [-0.05, 0) is 39.5 Å². The Labute approximate surface area is 115 Å². The number of aryl methyl sites for hydroxylation is 1. The number of hydrogen-bond acceptors (Lipinski definition) is 5. The van der Waals surface area contributed by atoms with E-state index in [9.17, 15) is 0 Å². The number of hydrogen-bond donors (Lipinski definition) is 2. The Morgan fingerprint density at radius 1 is 1.42 bits per heavy atom. The molecule has 1 aliphatic carbocycles. The molecular formula is C14H24N4O. The standard InChI is InChI=1S/C14H24N4O/c1-3-15-14-16-11(2)10-13(17-14)18(8-5-9-19)12-6-4-7-12/h10,12,19H,3-9H2,1-2H3,(H,15,16,17). The number of rotatable bonds is 7. The van der Waals surface area contributed by atoms with Crippen molar-refractivity contribution in [2.75, 3.05) is 29.9 Å². The molecule has 5 nitrogen and oxygen atoms in total. The molecule has 0 spiro atoms. The predicted octanol–water partition coefficient (Wildman–Crippen LogP) is 1.96. The van der Waals surface area contributed by atoms with Crippen LogP contribution in [-0.2, 0) is 0 Å². The summed E-state index contributed by atoms with van der Waals surface area (Å²) in [5, 5.41) is 12.2. The van der Waals surface area contributed by atoms with Crippen molar-refractivity contribution in [2.24, 2.45) is 0 Å². The fourth-order valence-corrected chi connectivity index (χ4v) is 2.36. The van der Waals surface area contributed by atoms with Crippen molar-refractivity contribution in [3.63, 3.8) is 0 Å². The predicted molar refractivity (Wildman–Crippen MR) is 77.6 cm³/mol. The molecule has 19 heavy (non-hydrogen) atoms. The van der Waals surface area contributed by atoms with Crippen LogP contribution in [0.1, 0.15) is 38.3 Å². The molecule has 1 aromatic heterocycles. The Kier molecular flexibility index (Phi) is 4.96. The molecule has 2 N–H and O–H groups in total. The molecule has 0 unspecified atom stereocenters. The van der Waals surface area contributed by atoms with Crippen molar-refractivity contribution in [3.05, 3.63) is 11.8 Å². The Morgan fingerprint density at radius 2 is 2.21 bits per heavy atom. The zero-order valence-corrected chi connectivity index (χ0v) is 11.9. The third-order valence-corrected chi connectivity index (χ3v) is 3.54. The molecule has 1 aromatic rings. The van der Waals surface area contributed by atoms with Gasteiger partial charge in [-0.3, -0.25) is 0 Å². The van der Waals surface area contributed by atoms with Crippen molar-refractivity contribution >= 4 is 11.8 Å². The Balaban J connectivity index is 2.18. The number of nitrogens with zero attached hydrogens (tertiary/aromatic N) is 3. The number of nitrogens with one attached hydrogen (secondary N) is 1. The van der Waals surface area contributed by atoms with Crippen LogP contribution in [0.25, 0.3) is 0 Å². The van der Waals surface area contributed by atoms with Crippen LogP contribution in [0.3, 0.4) is 0 Å². The van der Waals surface area contributed by atoms with Gasteiger partial charge in [-0.1, -0.05) is 0 Å². The van der Waals surface area contributed by atoms with Gasteiger partial charge < -0.3 is 15.3 Å². The van der Waals surface area contributed by atoms with Crippen LogP contribution in [0, 0.1) is 6.92 Å². The van der Waals surface area contributed by atoms with Gasteiger partial charge in [-0.15, -0.1) is 0 Å². The molecule has 1 heterocycles. The van der Waals surface area contributed by atoms with Crippen LogP contribution in [0.4, 0.5) is 11.8 Å². The lowest BCUT2D eigenvalue weighted by Crippen LogP contribution is -2.41. The van der Waals surface area contributed by atoms with Gasteiger partial charge >= 0.3 is 0 Å². The molecule has 0 atom stereocenters. The third-order valence-electron chi connectivity index (χ3n) is 3.54. The van der Waals surface area contributed by atoms with Crippen molar-refractivity contribution in [3.8, 4) is 0 Å². The summed E-state index contributed by atoms with van der Waals surface area (Å²) in [5.41, 5.74) is 0.981. The van der Waals surface area contributed by atoms with Gasteiger partial charge in [-0.25, -0.2) is 4.98 Å². The third kappa shape index (κ3) is 3.56. The zero-order chi connectivity index (χ0) is 13.7. The summed E-state index contributed by atoms with van der Waals surface area (Å²) < 4.78 is 0. The lowest BCUT2D eigenvalue weighted by Gasteiger charge is -2.38. The molecule has 1 fully saturated rings. The molecule has 1 aliphatic rings. The maximum Gasteiger partial charge on any atom is 0.224 e. The van der Waals surface area contributed by atoms with Crippen LogP contribution >= 0.6 is 0 Å². The smallest absolute Gasteiger partial charge is 0.224 e. The minimum Gasteiger partial charge on any atom is -0.396 e. The molecule has 5 heteroatoms. The van der Waals surface area contributed by atoms with E-state index < -0.39 is 0 Å². The van der Waals surface area contributed by atoms with Crippen LogP contribution in [0.15, 0.2) is 6.07 Å². The van der Waals surface area contributed by atoms with Crippen LogP contribution in [0.2, 0.25) is 0 Å². The monoisotopic (exact) mass is 264 g/mol. The summed E-state index contributed by atoms with van der Waals surface area (Å²) in [6, 6.07) is 2.62. The number of aliphatic hydroxyl groups excluding tert-OH is 1. The van der Waals surface area contributed by atoms with Gasteiger partial charge in [0.1, 0.15) is 5.82 Å². The van der Waals surface area contributed by atoms with Crippen LogP contribution < -0.4 is 10.2 Å². The summed E-state index contributed by atoms with van der Waals surface area (Å²) >= 11 is 0. The molecule has 0 bridgehead atoms. The highest BCUT2D eigenvalue weighted by molar-refractivity contribution is 5.46. The number of aromatic nitrogens is 2. The van der Waals surface area contributed by atoms with E-state index in [0.29, 0.717) is 12.0 Å². The van der Waals surface area contributed by atoms with Crippen LogP contribution in [0.5, 0.6) is 0 Å². The highest BCUT2D eigenvalue weighted by atomic mass is 16.3. The molecule has 106 valence electrons. The molecule has 0 aliphatic heterocycles. The Bertz CT molecular complexity index is 406. The fourth-order valence-electron chi connectivity index (χ4n) is 2.36. The van der Waals surface area contributed by atoms with Crippen LogP contribution in [-0.4, -0.2) is 40.8 Å². The van der Waals surface area contributed by atoms with Gasteiger partial charge in [0.2, 0.25) is 5.95 Å². The largest absolute Gasteiger partial charge is 0.396 e. The fraction of sp³-hybridized carbons (Fsp3) is 0.714. The molecule has 2 rings (SSSR count). The minimum absolute atomic E-state index is 0.230. The van der Waals surface area contributed by atoms with Gasteiger partial charge in [-0.2, -0.15) is 4.98 Å². The lowest BCUT2D eigenvalue weighted by molar-refractivity contribution is 0.282. The highest BCUT2D eigenvalue weighted by Gasteiger charge is 2.26. The molecule has 1 saturated carbocycles. The van der Waals surface area contributed by atoms with Crippen molar-refractivity contribution < 1.29 is 5.11 Å². The quantitative estimate of drug-likeness (QED) is 0.788. The first-order valence-corrected chi connectivity index (χ1v) is 7.21. The summed E-state index contributed by atoms with van der Waals surface area (Å²) in [7, 11) is 0. The maximum atomic E-state index is 9.06. The summed E-state index contributed by atoms with van der Waals surface area (Å²) in [6.07, 6.45) is 4.54. The first-order valence-electron chi connectivity index (χ1n) is 7.21. The van der Waals surface area contributed by atoms with Crippen molar-refractivity contribution in [1.82, 2.24) is 9.97 Å². The number of anilines is 2. The number of aliphatic hydroxyl groups is 1. The molecule has 0 amide bonds. The van der Waals surface area contributed by atoms with Crippen molar-refractivity contribution in [2.45, 2.75) is 45.6 Å². The topological polar surface area (TPSA) is 61.3 Å². The SMILES string of the molecule is CCNc1nc(C)cc(N(CCCO)C2CCC2)n1. The van der Waals surface area contributed by atoms with E-state index in [1.54, 1.807) is 0 Å². The van der Waals surface area contributed by atoms with E-state index in [1.807, 2.05) is 19.9 Å². The van der Waals surface area contributed by atoms with E-state index in [0.717, 1.165) is 31.0 Å². The molecular weight excluding hydrogens is 240 g/mol. The van der Waals surface area contributed by atoms with Gasteiger partial charge in [0.25, 0.3) is 0 Å². The van der Waals surface area contributed by atoms with E-state index >= 15 is 0 Å². The maximum absolute atomic E-state index is 9.06. The zero-order valence-electron chi connectivity index (χ0n) is 11.9. The molecule has 0 radical (unpaired) electrons. The average molecular weight is 264 g/mol. The van der Waals surface area contributed by atoms with Crippen molar-refractivity contribution in [1.29, 1.82) is 0 Å². The summed E-state index contributed by atoms with van der Waals surface area (Å²) in [5.74, 6) is 1.69. The van der Waals surface area contributed by atoms with E-state index in [2.05, 4.69) is 20.2 Å². The van der Waals surface area contributed by atoms with E-state index in [4.69, 9.17) is 5.11 Å². The van der Waals surface area contributed by atoms with E-state index in [1.165, 1.54) is 19.3 Å². The van der Waals surface area contributed by atoms with Gasteiger partial charge in [0.05, 0.1) is 0 Å². The lowest BCUT2D eigenvalue weighted by atomic mass is 9.91. The van der Waals surface area contributed by atoms with E-state index in [-0.39, 0.29) is 6.61 Å². The van der Waals surface area contributed by atoms with Gasteiger partial charge in [0, 0.05) is 37.5 Å². The summed E-state index contributed by atoms with van der Waals surface area (Å²) in [6.45, 7) is 5.96. The molecule has 0 saturated heterocycles. The second-order valence-corrected chi connectivity index (χ2v) is 5.08. The second-order valence-electron chi connectivity index (χ2n) is 5.08. The molecule has 0 aromatic carbocycles. The second kappa shape index (κ2) is 6.70. The first-order chi connectivity index (χ1) is 9.24. The first kappa shape index (κ1) is 14.1. The normalized spacial score (nSPS) is 15.1. The Hall–Kier alpha value is -1.36. The average Bonchev–Trinajstić information content (AvgIpc) is 2.31. The highest BCUT2D eigenvalue weighted by Crippen LogP contribution is 2.29. The minimum atomic E-state index is 0.230. The Morgan fingerprint density at radius 3 is 2.79 bits per heavy atom.